The van der Waals surface area contributed by atoms with E-state index in [9.17, 15) is 9.59 Å². The number of nitrogens with one attached hydrogen (secondary N) is 2. The Morgan fingerprint density at radius 3 is 2.74 bits per heavy atom. The standard InChI is InChI=1S/C19H16N2O2/c1-13(22)14-5-4-6-16(11-14)21-19(23)10-9-15-12-20-18-8-3-2-7-17(15)18/h2-12,20H,1H3,(H,21,23)/b10-9+. The Kier molecular flexibility index (Phi) is 4.06. The second-order valence-corrected chi connectivity index (χ2v) is 5.25. The summed E-state index contributed by atoms with van der Waals surface area (Å²) in [6, 6.07) is 14.8. The van der Waals surface area contributed by atoms with Crippen molar-refractivity contribution in [2.45, 2.75) is 6.92 Å². The fourth-order valence-corrected chi connectivity index (χ4v) is 2.40. The number of para-hydroxylation sites is 1. The molecule has 0 spiro atoms. The van der Waals surface area contributed by atoms with Gasteiger partial charge in [-0.05, 0) is 36.8 Å². The topological polar surface area (TPSA) is 62.0 Å². The average molecular weight is 304 g/mol. The van der Waals surface area contributed by atoms with Crippen LogP contribution in [0.1, 0.15) is 22.8 Å². The van der Waals surface area contributed by atoms with Crippen molar-refractivity contribution < 1.29 is 9.59 Å². The lowest BCUT2D eigenvalue weighted by molar-refractivity contribution is -0.111. The van der Waals surface area contributed by atoms with E-state index in [1.54, 1.807) is 30.3 Å². The molecule has 114 valence electrons. The van der Waals surface area contributed by atoms with Gasteiger partial charge in [-0.1, -0.05) is 30.3 Å². The number of hydrogen-bond donors (Lipinski definition) is 2. The van der Waals surface area contributed by atoms with E-state index in [4.69, 9.17) is 0 Å². The van der Waals surface area contributed by atoms with Crippen LogP contribution < -0.4 is 5.32 Å². The van der Waals surface area contributed by atoms with Gasteiger partial charge in [-0.25, -0.2) is 0 Å². The molecule has 0 saturated heterocycles. The molecular formula is C19H16N2O2. The van der Waals surface area contributed by atoms with Crippen molar-refractivity contribution in [3.05, 3.63) is 71.9 Å². The van der Waals surface area contributed by atoms with Crippen molar-refractivity contribution in [1.82, 2.24) is 4.98 Å². The van der Waals surface area contributed by atoms with E-state index in [1.807, 2.05) is 30.5 Å². The maximum Gasteiger partial charge on any atom is 0.248 e. The van der Waals surface area contributed by atoms with Crippen LogP contribution >= 0.6 is 0 Å². The number of anilines is 1. The second-order valence-electron chi connectivity index (χ2n) is 5.25. The molecule has 0 aliphatic heterocycles. The van der Waals surface area contributed by atoms with E-state index in [1.165, 1.54) is 13.0 Å². The number of aromatic nitrogens is 1. The number of ketones is 1. The number of Topliss-reactive ketones (excluding diaryl/α,β-unsaturated/α-hetero) is 1. The summed E-state index contributed by atoms with van der Waals surface area (Å²) in [5.74, 6) is -0.272. The number of amides is 1. The zero-order valence-electron chi connectivity index (χ0n) is 12.7. The molecule has 4 heteroatoms. The molecule has 0 radical (unpaired) electrons. The molecule has 4 nitrogen and oxygen atoms in total. The Labute approximate surface area is 133 Å². The maximum atomic E-state index is 12.0. The lowest BCUT2D eigenvalue weighted by atomic mass is 10.1. The van der Waals surface area contributed by atoms with Gasteiger partial charge in [-0.3, -0.25) is 9.59 Å². The van der Waals surface area contributed by atoms with Gasteiger partial charge in [0.25, 0.3) is 0 Å². The highest BCUT2D eigenvalue weighted by atomic mass is 16.1. The van der Waals surface area contributed by atoms with E-state index in [0.29, 0.717) is 11.3 Å². The van der Waals surface area contributed by atoms with Crippen LogP contribution in [-0.2, 0) is 4.79 Å². The number of fused-ring (bicyclic) bond motifs is 1. The Hall–Kier alpha value is -3.14. The van der Waals surface area contributed by atoms with Gasteiger partial charge < -0.3 is 10.3 Å². The van der Waals surface area contributed by atoms with Crippen molar-refractivity contribution in [2.24, 2.45) is 0 Å². The van der Waals surface area contributed by atoms with Crippen molar-refractivity contribution >= 4 is 34.4 Å². The molecular weight excluding hydrogens is 288 g/mol. The highest BCUT2D eigenvalue weighted by molar-refractivity contribution is 6.04. The average Bonchev–Trinajstić information content (AvgIpc) is 2.96. The van der Waals surface area contributed by atoms with Gasteiger partial charge in [-0.15, -0.1) is 0 Å². The van der Waals surface area contributed by atoms with Crippen LogP contribution in [0.3, 0.4) is 0 Å². The van der Waals surface area contributed by atoms with Gasteiger partial charge in [0, 0.05) is 34.4 Å². The number of carbonyl (C=O) groups excluding carboxylic acids is 2. The molecule has 0 unspecified atom stereocenters. The second kappa shape index (κ2) is 6.32. The summed E-state index contributed by atoms with van der Waals surface area (Å²) in [6.07, 6.45) is 5.11. The van der Waals surface area contributed by atoms with Crippen molar-refractivity contribution in [3.8, 4) is 0 Å². The first kappa shape index (κ1) is 14.8. The minimum atomic E-state index is -0.240. The molecule has 23 heavy (non-hydrogen) atoms. The summed E-state index contributed by atoms with van der Waals surface area (Å²) >= 11 is 0. The minimum Gasteiger partial charge on any atom is -0.361 e. The third-order valence-corrected chi connectivity index (χ3v) is 3.57. The van der Waals surface area contributed by atoms with Crippen LogP contribution in [0.4, 0.5) is 5.69 Å². The smallest absolute Gasteiger partial charge is 0.248 e. The zero-order valence-corrected chi connectivity index (χ0v) is 12.7. The maximum absolute atomic E-state index is 12.0. The molecule has 3 aromatic rings. The summed E-state index contributed by atoms with van der Waals surface area (Å²) in [7, 11) is 0. The fraction of sp³-hybridized carbons (Fsp3) is 0.0526. The lowest BCUT2D eigenvalue weighted by Crippen LogP contribution is -2.08. The molecule has 2 N–H and O–H groups in total. The Balaban J connectivity index is 1.74. The number of H-pyrrole nitrogens is 1. The molecule has 0 aliphatic rings. The summed E-state index contributed by atoms with van der Waals surface area (Å²) in [5, 5.41) is 3.82. The highest BCUT2D eigenvalue weighted by Gasteiger charge is 2.03. The molecule has 0 aliphatic carbocycles. The first-order chi connectivity index (χ1) is 11.1. The quantitative estimate of drug-likeness (QED) is 0.565. The van der Waals surface area contributed by atoms with Gasteiger partial charge in [0.1, 0.15) is 0 Å². The highest BCUT2D eigenvalue weighted by Crippen LogP contribution is 2.19. The van der Waals surface area contributed by atoms with E-state index in [2.05, 4.69) is 10.3 Å². The van der Waals surface area contributed by atoms with E-state index in [0.717, 1.165) is 16.5 Å². The predicted molar refractivity (Wildman–Crippen MR) is 92.4 cm³/mol. The lowest BCUT2D eigenvalue weighted by Gasteiger charge is -2.03. The third kappa shape index (κ3) is 3.37. The molecule has 0 fully saturated rings. The van der Waals surface area contributed by atoms with Crippen molar-refractivity contribution in [3.63, 3.8) is 0 Å². The summed E-state index contributed by atoms with van der Waals surface area (Å²) in [5.41, 5.74) is 3.16. The van der Waals surface area contributed by atoms with Crippen LogP contribution in [0, 0.1) is 0 Å². The van der Waals surface area contributed by atoms with E-state index < -0.39 is 0 Å². The summed E-state index contributed by atoms with van der Waals surface area (Å²) in [6.45, 7) is 1.50. The number of carbonyl (C=O) groups is 2. The molecule has 3 rings (SSSR count). The molecule has 1 heterocycles. The molecule has 1 aromatic heterocycles. The molecule has 0 saturated carbocycles. The Morgan fingerprint density at radius 2 is 1.91 bits per heavy atom. The van der Waals surface area contributed by atoms with Crippen LogP contribution in [0.25, 0.3) is 17.0 Å². The van der Waals surface area contributed by atoms with Gasteiger partial charge in [0.05, 0.1) is 0 Å². The van der Waals surface area contributed by atoms with Crippen LogP contribution in [0.15, 0.2) is 60.8 Å². The van der Waals surface area contributed by atoms with E-state index in [-0.39, 0.29) is 11.7 Å². The van der Waals surface area contributed by atoms with Crippen molar-refractivity contribution in [2.75, 3.05) is 5.32 Å². The van der Waals surface area contributed by atoms with Crippen molar-refractivity contribution in [1.29, 1.82) is 0 Å². The minimum absolute atomic E-state index is 0.0320. The number of rotatable bonds is 4. The number of aromatic amines is 1. The monoisotopic (exact) mass is 304 g/mol. The Bertz CT molecular complexity index is 906. The normalized spacial score (nSPS) is 11.0. The van der Waals surface area contributed by atoms with Gasteiger partial charge >= 0.3 is 0 Å². The number of benzene rings is 2. The molecule has 2 aromatic carbocycles. The van der Waals surface area contributed by atoms with Gasteiger partial charge in [-0.2, -0.15) is 0 Å². The SMILES string of the molecule is CC(=O)c1cccc(NC(=O)/C=C/c2c[nH]c3ccccc23)c1. The third-order valence-electron chi connectivity index (χ3n) is 3.57. The van der Waals surface area contributed by atoms with Crippen LogP contribution in [-0.4, -0.2) is 16.7 Å². The first-order valence-electron chi connectivity index (χ1n) is 7.29. The zero-order chi connectivity index (χ0) is 16.2. The summed E-state index contributed by atoms with van der Waals surface area (Å²) in [4.78, 5) is 26.6. The van der Waals surface area contributed by atoms with Crippen LogP contribution in [0.2, 0.25) is 0 Å². The predicted octanol–water partition coefficient (Wildman–Crippen LogP) is 4.02. The van der Waals surface area contributed by atoms with E-state index >= 15 is 0 Å². The fourth-order valence-electron chi connectivity index (χ4n) is 2.40. The van der Waals surface area contributed by atoms with Gasteiger partial charge in [0.2, 0.25) is 5.91 Å². The summed E-state index contributed by atoms with van der Waals surface area (Å²) < 4.78 is 0. The largest absolute Gasteiger partial charge is 0.361 e. The van der Waals surface area contributed by atoms with Gasteiger partial charge in [0.15, 0.2) is 5.78 Å². The molecule has 0 atom stereocenters. The number of hydrogen-bond acceptors (Lipinski definition) is 2. The Morgan fingerprint density at radius 1 is 1.09 bits per heavy atom. The molecule has 1 amide bonds. The molecule has 0 bridgehead atoms. The van der Waals surface area contributed by atoms with Crippen LogP contribution in [0.5, 0.6) is 0 Å². The first-order valence-corrected chi connectivity index (χ1v) is 7.29.